The first-order valence-electron chi connectivity index (χ1n) is 10.9. The van der Waals surface area contributed by atoms with Gasteiger partial charge in [-0.3, -0.25) is 4.79 Å². The molecule has 6 nitrogen and oxygen atoms in total. The Bertz CT molecular complexity index is 903. The van der Waals surface area contributed by atoms with Gasteiger partial charge in [0.25, 0.3) is 0 Å². The summed E-state index contributed by atoms with van der Waals surface area (Å²) in [4.78, 5) is 11.6. The molecule has 1 aliphatic rings. The highest BCUT2D eigenvalue weighted by molar-refractivity contribution is 5.96. The highest BCUT2D eigenvalue weighted by Crippen LogP contribution is 2.38. The number of phenolic OH excluding ortho intramolecular Hbond substituents is 1. The van der Waals surface area contributed by atoms with Crippen molar-refractivity contribution < 1.29 is 19.7 Å². The van der Waals surface area contributed by atoms with Gasteiger partial charge in [0.05, 0.1) is 5.69 Å². The molecule has 2 unspecified atom stereocenters. The number of phenols is 1. The van der Waals surface area contributed by atoms with Crippen molar-refractivity contribution in [3.8, 4) is 11.5 Å². The zero-order valence-corrected chi connectivity index (χ0v) is 18.9. The maximum atomic E-state index is 11.6. The Morgan fingerprint density at radius 1 is 1.13 bits per heavy atom. The number of rotatable bonds is 8. The first-order chi connectivity index (χ1) is 14.6. The van der Waals surface area contributed by atoms with Crippen molar-refractivity contribution in [1.29, 1.82) is 0 Å². The number of ether oxygens (including phenoxy) is 1. The fourth-order valence-corrected chi connectivity index (χ4v) is 3.73. The fraction of sp³-hybridized carbons (Fsp3) is 0.480. The van der Waals surface area contributed by atoms with E-state index in [1.807, 2.05) is 0 Å². The molecule has 0 spiro atoms. The normalized spacial score (nSPS) is 15.7. The molecule has 0 aromatic heterocycles. The van der Waals surface area contributed by atoms with Crippen LogP contribution in [-0.2, 0) is 23.1 Å². The first kappa shape index (κ1) is 23.1. The molecule has 0 fully saturated rings. The van der Waals surface area contributed by atoms with Gasteiger partial charge in [0.2, 0.25) is 5.91 Å². The Balaban J connectivity index is 1.47. The van der Waals surface area contributed by atoms with Gasteiger partial charge in [0, 0.05) is 24.6 Å². The summed E-state index contributed by atoms with van der Waals surface area (Å²) in [5.74, 6) is 0.493. The zero-order valence-electron chi connectivity index (χ0n) is 18.9. The van der Waals surface area contributed by atoms with Crippen LogP contribution < -0.4 is 15.4 Å². The number of carbonyl (C=O) groups excluding carboxylic acids is 1. The van der Waals surface area contributed by atoms with Gasteiger partial charge in [-0.25, -0.2) is 0 Å². The number of aliphatic hydroxyl groups excluding tert-OH is 1. The molecule has 0 saturated heterocycles. The van der Waals surface area contributed by atoms with Crippen molar-refractivity contribution in [3.05, 3.63) is 53.1 Å². The topological polar surface area (TPSA) is 90.8 Å². The van der Waals surface area contributed by atoms with Gasteiger partial charge >= 0.3 is 0 Å². The maximum Gasteiger partial charge on any atom is 0.224 e. The fourth-order valence-electron chi connectivity index (χ4n) is 3.73. The number of anilines is 1. The van der Waals surface area contributed by atoms with Crippen molar-refractivity contribution in [3.63, 3.8) is 0 Å². The van der Waals surface area contributed by atoms with Gasteiger partial charge in [-0.2, -0.15) is 0 Å². The largest absolute Gasteiger partial charge is 0.506 e. The van der Waals surface area contributed by atoms with Gasteiger partial charge in [0.15, 0.2) is 0 Å². The summed E-state index contributed by atoms with van der Waals surface area (Å²) >= 11 is 0. The van der Waals surface area contributed by atoms with E-state index >= 15 is 0 Å². The van der Waals surface area contributed by atoms with E-state index in [0.29, 0.717) is 30.8 Å². The van der Waals surface area contributed by atoms with Crippen molar-refractivity contribution in [1.82, 2.24) is 5.32 Å². The Morgan fingerprint density at radius 2 is 1.84 bits per heavy atom. The average molecular weight is 427 g/mol. The Hall–Kier alpha value is -2.57. The van der Waals surface area contributed by atoms with Crippen molar-refractivity contribution >= 4 is 11.6 Å². The predicted molar refractivity (Wildman–Crippen MR) is 123 cm³/mol. The molecule has 2 aromatic rings. The second-order valence-electron chi connectivity index (χ2n) is 9.41. The highest BCUT2D eigenvalue weighted by atomic mass is 16.5. The molecule has 2 aromatic carbocycles. The average Bonchev–Trinajstić information content (AvgIpc) is 2.72. The smallest absolute Gasteiger partial charge is 0.224 e. The lowest BCUT2D eigenvalue weighted by molar-refractivity contribution is -0.116. The second-order valence-corrected chi connectivity index (χ2v) is 9.41. The lowest BCUT2D eigenvalue weighted by Crippen LogP contribution is -2.37. The molecule has 1 amide bonds. The third-order valence-electron chi connectivity index (χ3n) is 5.61. The van der Waals surface area contributed by atoms with Gasteiger partial charge in [0.1, 0.15) is 24.2 Å². The van der Waals surface area contributed by atoms with Gasteiger partial charge in [-0.1, -0.05) is 45.0 Å². The van der Waals surface area contributed by atoms with E-state index in [-0.39, 0.29) is 29.7 Å². The van der Waals surface area contributed by atoms with Crippen LogP contribution in [0.15, 0.2) is 36.4 Å². The molecule has 2 atom stereocenters. The Morgan fingerprint density at radius 3 is 2.52 bits per heavy atom. The second kappa shape index (κ2) is 9.71. The molecule has 0 radical (unpaired) electrons. The van der Waals surface area contributed by atoms with E-state index in [9.17, 15) is 15.0 Å². The van der Waals surface area contributed by atoms with Crippen molar-refractivity contribution in [2.75, 3.05) is 18.5 Å². The van der Waals surface area contributed by atoms with E-state index in [1.165, 1.54) is 17.2 Å². The number of carbonyl (C=O) groups is 1. The number of aromatic hydroxyl groups is 1. The molecule has 0 saturated carbocycles. The van der Waals surface area contributed by atoms with Crippen LogP contribution in [0.5, 0.6) is 11.5 Å². The summed E-state index contributed by atoms with van der Waals surface area (Å²) in [6, 6.07) is 12.1. The number of amides is 1. The minimum absolute atomic E-state index is 0.0296. The quantitative estimate of drug-likeness (QED) is 0.485. The number of benzene rings is 2. The van der Waals surface area contributed by atoms with Crippen LogP contribution in [0.1, 0.15) is 50.8 Å². The first-order valence-corrected chi connectivity index (χ1v) is 10.9. The van der Waals surface area contributed by atoms with Crippen LogP contribution in [0.25, 0.3) is 0 Å². The van der Waals surface area contributed by atoms with E-state index in [0.717, 1.165) is 12.0 Å². The molecule has 6 heteroatoms. The molecule has 0 bridgehead atoms. The van der Waals surface area contributed by atoms with Crippen molar-refractivity contribution in [2.45, 2.75) is 64.5 Å². The standard InChI is InChI=1S/C25H34N2O4/c1-16(13-17-5-7-18(8-6-17)25(2,3)4)26-14-19(28)15-31-22-11-10-21(29)24-20(22)9-12-23(30)27-24/h5-8,10-11,16,19,26,28-29H,9,12-15H2,1-4H3,(H,27,30). The summed E-state index contributed by atoms with van der Waals surface area (Å²) in [6.07, 6.45) is 1.06. The van der Waals surface area contributed by atoms with E-state index in [2.05, 4.69) is 62.6 Å². The SMILES string of the molecule is CC(Cc1ccc(C(C)(C)C)cc1)NCC(O)COc1ccc(O)c2c1CCC(=O)N2. The number of fused-ring (bicyclic) bond motifs is 1. The number of aliphatic hydroxyl groups is 1. The molecule has 1 aliphatic heterocycles. The minimum atomic E-state index is -0.673. The number of nitrogens with one attached hydrogen (secondary N) is 2. The van der Waals surface area contributed by atoms with E-state index in [4.69, 9.17) is 4.74 Å². The minimum Gasteiger partial charge on any atom is -0.506 e. The summed E-state index contributed by atoms with van der Waals surface area (Å²) in [7, 11) is 0. The molecule has 3 rings (SSSR count). The van der Waals surface area contributed by atoms with Crippen LogP contribution in [0, 0.1) is 0 Å². The zero-order chi connectivity index (χ0) is 22.6. The summed E-state index contributed by atoms with van der Waals surface area (Å²) in [6.45, 7) is 9.27. The van der Waals surface area contributed by atoms with Gasteiger partial charge in [-0.05, 0) is 48.4 Å². The maximum absolute atomic E-state index is 11.6. The Kier molecular flexibility index (Phi) is 7.23. The van der Waals surface area contributed by atoms with Crippen molar-refractivity contribution in [2.24, 2.45) is 0 Å². The third-order valence-corrected chi connectivity index (χ3v) is 5.61. The molecule has 4 N–H and O–H groups in total. The van der Waals surface area contributed by atoms with E-state index < -0.39 is 6.10 Å². The predicted octanol–water partition coefficient (Wildman–Crippen LogP) is 3.53. The van der Waals surface area contributed by atoms with Gasteiger partial charge < -0.3 is 25.6 Å². The van der Waals surface area contributed by atoms with Crippen LogP contribution in [0.4, 0.5) is 5.69 Å². The molecule has 1 heterocycles. The lowest BCUT2D eigenvalue weighted by atomic mass is 9.86. The molecular weight excluding hydrogens is 392 g/mol. The number of hydrogen-bond acceptors (Lipinski definition) is 5. The molecular formula is C25H34N2O4. The van der Waals surface area contributed by atoms with Crippen LogP contribution in [-0.4, -0.2) is 41.4 Å². The monoisotopic (exact) mass is 426 g/mol. The summed E-state index contributed by atoms with van der Waals surface area (Å²) < 4.78 is 5.80. The van der Waals surface area contributed by atoms with Crippen LogP contribution >= 0.6 is 0 Å². The molecule has 168 valence electrons. The molecule has 0 aliphatic carbocycles. The van der Waals surface area contributed by atoms with Crippen LogP contribution in [0.3, 0.4) is 0 Å². The molecule has 31 heavy (non-hydrogen) atoms. The highest BCUT2D eigenvalue weighted by Gasteiger charge is 2.22. The number of hydrogen-bond donors (Lipinski definition) is 4. The van der Waals surface area contributed by atoms with Gasteiger partial charge in [-0.15, -0.1) is 0 Å². The summed E-state index contributed by atoms with van der Waals surface area (Å²) in [5.41, 5.74) is 3.91. The third kappa shape index (κ3) is 6.21. The van der Waals surface area contributed by atoms with Crippen LogP contribution in [0.2, 0.25) is 0 Å². The van der Waals surface area contributed by atoms with E-state index in [1.54, 1.807) is 6.07 Å². The Labute approximate surface area is 184 Å². The summed E-state index contributed by atoms with van der Waals surface area (Å²) in [5, 5.41) is 26.4. The lowest BCUT2D eigenvalue weighted by Gasteiger charge is -2.22.